The van der Waals surface area contributed by atoms with Gasteiger partial charge in [-0.15, -0.1) is 5.10 Å². The SMILES string of the molecule is Cc1c(C)c(C)c2c(nnn2C)c1C. The highest BCUT2D eigenvalue weighted by atomic mass is 15.4. The van der Waals surface area contributed by atoms with Gasteiger partial charge in [0.2, 0.25) is 0 Å². The van der Waals surface area contributed by atoms with Crippen LogP contribution in [0.15, 0.2) is 0 Å². The van der Waals surface area contributed by atoms with Crippen molar-refractivity contribution < 1.29 is 0 Å². The summed E-state index contributed by atoms with van der Waals surface area (Å²) in [4.78, 5) is 0. The number of hydrogen-bond donors (Lipinski definition) is 0. The van der Waals surface area contributed by atoms with Gasteiger partial charge in [0.25, 0.3) is 0 Å². The summed E-state index contributed by atoms with van der Waals surface area (Å²) in [6.07, 6.45) is 0. The topological polar surface area (TPSA) is 30.7 Å². The molecule has 2 aromatic rings. The quantitative estimate of drug-likeness (QED) is 0.636. The van der Waals surface area contributed by atoms with Gasteiger partial charge in [0.1, 0.15) is 5.52 Å². The van der Waals surface area contributed by atoms with Crippen LogP contribution in [-0.4, -0.2) is 15.0 Å². The summed E-state index contributed by atoms with van der Waals surface area (Å²) < 4.78 is 1.85. The summed E-state index contributed by atoms with van der Waals surface area (Å²) in [5.41, 5.74) is 7.40. The van der Waals surface area contributed by atoms with Crippen molar-refractivity contribution in [1.29, 1.82) is 0 Å². The minimum atomic E-state index is 1.04. The number of aryl methyl sites for hydroxylation is 3. The van der Waals surface area contributed by atoms with Gasteiger partial charge in [-0.3, -0.25) is 0 Å². The predicted molar refractivity (Wildman–Crippen MR) is 57.5 cm³/mol. The summed E-state index contributed by atoms with van der Waals surface area (Å²) in [5.74, 6) is 0. The molecule has 0 fully saturated rings. The summed E-state index contributed by atoms with van der Waals surface area (Å²) in [7, 11) is 1.94. The second-order valence-electron chi connectivity index (χ2n) is 3.91. The molecule has 1 aromatic heterocycles. The molecule has 74 valence electrons. The number of nitrogens with zero attached hydrogens (tertiary/aromatic N) is 3. The van der Waals surface area contributed by atoms with Gasteiger partial charge < -0.3 is 0 Å². The van der Waals surface area contributed by atoms with Crippen molar-refractivity contribution in [2.24, 2.45) is 7.05 Å². The van der Waals surface area contributed by atoms with Crippen molar-refractivity contribution in [2.75, 3.05) is 0 Å². The lowest BCUT2D eigenvalue weighted by Gasteiger charge is -2.09. The van der Waals surface area contributed by atoms with Crippen molar-refractivity contribution in [2.45, 2.75) is 27.7 Å². The minimum absolute atomic E-state index is 1.04. The third kappa shape index (κ3) is 0.983. The van der Waals surface area contributed by atoms with Gasteiger partial charge in [0, 0.05) is 7.05 Å². The average Bonchev–Trinajstić information content (AvgIpc) is 2.54. The number of rotatable bonds is 0. The molecule has 0 radical (unpaired) electrons. The van der Waals surface area contributed by atoms with Crippen LogP contribution >= 0.6 is 0 Å². The highest BCUT2D eigenvalue weighted by molar-refractivity contribution is 5.84. The molecule has 0 bridgehead atoms. The van der Waals surface area contributed by atoms with Crippen LogP contribution in [0.2, 0.25) is 0 Å². The molecule has 0 amide bonds. The van der Waals surface area contributed by atoms with E-state index in [9.17, 15) is 0 Å². The molecule has 3 heteroatoms. The number of aromatic nitrogens is 3. The van der Waals surface area contributed by atoms with Gasteiger partial charge in [-0.2, -0.15) is 0 Å². The van der Waals surface area contributed by atoms with Crippen LogP contribution in [0.5, 0.6) is 0 Å². The second-order valence-corrected chi connectivity index (χ2v) is 3.91. The molecule has 0 spiro atoms. The first-order valence-electron chi connectivity index (χ1n) is 4.79. The van der Waals surface area contributed by atoms with Crippen LogP contribution in [0.25, 0.3) is 11.0 Å². The first-order valence-corrected chi connectivity index (χ1v) is 4.79. The maximum atomic E-state index is 4.19. The highest BCUT2D eigenvalue weighted by Crippen LogP contribution is 2.26. The number of hydrogen-bond acceptors (Lipinski definition) is 2. The lowest BCUT2D eigenvalue weighted by molar-refractivity contribution is 0.735. The van der Waals surface area contributed by atoms with E-state index in [-0.39, 0.29) is 0 Å². The summed E-state index contributed by atoms with van der Waals surface area (Å²) in [6, 6.07) is 0. The van der Waals surface area contributed by atoms with Crippen molar-refractivity contribution in [1.82, 2.24) is 15.0 Å². The Morgan fingerprint density at radius 1 is 0.857 bits per heavy atom. The van der Waals surface area contributed by atoms with E-state index in [4.69, 9.17) is 0 Å². The molecule has 1 aromatic carbocycles. The zero-order valence-electron chi connectivity index (χ0n) is 9.34. The van der Waals surface area contributed by atoms with Crippen LogP contribution < -0.4 is 0 Å². The molecular formula is C11H15N3. The van der Waals surface area contributed by atoms with Crippen LogP contribution in [0, 0.1) is 27.7 Å². The Labute approximate surface area is 83.7 Å². The Kier molecular flexibility index (Phi) is 1.84. The van der Waals surface area contributed by atoms with Crippen LogP contribution in [0.3, 0.4) is 0 Å². The molecule has 0 aliphatic heterocycles. The lowest BCUT2D eigenvalue weighted by atomic mass is 9.97. The van der Waals surface area contributed by atoms with Gasteiger partial charge in [0.05, 0.1) is 5.52 Å². The fraction of sp³-hybridized carbons (Fsp3) is 0.455. The molecule has 3 nitrogen and oxygen atoms in total. The Morgan fingerprint density at radius 2 is 1.43 bits per heavy atom. The fourth-order valence-electron chi connectivity index (χ4n) is 1.95. The zero-order valence-corrected chi connectivity index (χ0v) is 9.34. The maximum Gasteiger partial charge on any atom is 0.116 e. The molecule has 0 saturated carbocycles. The molecule has 0 saturated heterocycles. The molecule has 1 heterocycles. The molecule has 0 aliphatic carbocycles. The Balaban J connectivity index is 3.05. The zero-order chi connectivity index (χ0) is 10.5. The van der Waals surface area contributed by atoms with Gasteiger partial charge in [0.15, 0.2) is 0 Å². The van der Waals surface area contributed by atoms with Crippen molar-refractivity contribution in [3.8, 4) is 0 Å². The molecule has 14 heavy (non-hydrogen) atoms. The molecule has 0 aliphatic rings. The monoisotopic (exact) mass is 189 g/mol. The molecule has 0 atom stereocenters. The maximum absolute atomic E-state index is 4.19. The first kappa shape index (κ1) is 9.19. The van der Waals surface area contributed by atoms with E-state index in [0.717, 1.165) is 11.0 Å². The van der Waals surface area contributed by atoms with E-state index in [1.54, 1.807) is 0 Å². The van der Waals surface area contributed by atoms with E-state index in [2.05, 4.69) is 38.0 Å². The van der Waals surface area contributed by atoms with Crippen LogP contribution in [0.1, 0.15) is 22.3 Å². The number of fused-ring (bicyclic) bond motifs is 1. The van der Waals surface area contributed by atoms with Gasteiger partial charge >= 0.3 is 0 Å². The van der Waals surface area contributed by atoms with E-state index in [0.29, 0.717) is 0 Å². The number of benzene rings is 1. The van der Waals surface area contributed by atoms with Crippen molar-refractivity contribution in [3.05, 3.63) is 22.3 Å². The highest BCUT2D eigenvalue weighted by Gasteiger charge is 2.12. The van der Waals surface area contributed by atoms with Crippen molar-refractivity contribution in [3.63, 3.8) is 0 Å². The lowest BCUT2D eigenvalue weighted by Crippen LogP contribution is -1.97. The smallest absolute Gasteiger partial charge is 0.116 e. The van der Waals surface area contributed by atoms with Crippen LogP contribution in [0.4, 0.5) is 0 Å². The fourth-order valence-corrected chi connectivity index (χ4v) is 1.95. The van der Waals surface area contributed by atoms with E-state index >= 15 is 0 Å². The minimum Gasteiger partial charge on any atom is -0.247 e. The first-order chi connectivity index (χ1) is 6.54. The van der Waals surface area contributed by atoms with Crippen molar-refractivity contribution >= 4 is 11.0 Å². The summed E-state index contributed by atoms with van der Waals surface area (Å²) in [6.45, 7) is 8.54. The normalized spacial score (nSPS) is 11.2. The van der Waals surface area contributed by atoms with Crippen LogP contribution in [-0.2, 0) is 7.05 Å². The Morgan fingerprint density at radius 3 is 2.07 bits per heavy atom. The standard InChI is InChI=1S/C11H15N3/c1-6-7(2)9(4)11-10(8(6)3)12-13-14(11)5/h1-5H3. The van der Waals surface area contributed by atoms with E-state index in [1.165, 1.54) is 22.3 Å². The second kappa shape index (κ2) is 2.80. The van der Waals surface area contributed by atoms with Gasteiger partial charge in [-0.25, -0.2) is 4.68 Å². The third-order valence-corrected chi connectivity index (χ3v) is 3.22. The van der Waals surface area contributed by atoms with Gasteiger partial charge in [-0.1, -0.05) is 5.21 Å². The molecule has 0 unspecified atom stereocenters. The largest absolute Gasteiger partial charge is 0.247 e. The third-order valence-electron chi connectivity index (χ3n) is 3.22. The summed E-state index contributed by atoms with van der Waals surface area (Å²) in [5, 5.41) is 8.26. The molecule has 0 N–H and O–H groups in total. The molecule has 2 rings (SSSR count). The Bertz CT molecular complexity index is 509. The molecular weight excluding hydrogens is 174 g/mol. The summed E-state index contributed by atoms with van der Waals surface area (Å²) >= 11 is 0. The average molecular weight is 189 g/mol. The van der Waals surface area contributed by atoms with Gasteiger partial charge in [-0.05, 0) is 49.9 Å². The van der Waals surface area contributed by atoms with E-state index < -0.39 is 0 Å². The predicted octanol–water partition coefficient (Wildman–Crippen LogP) is 2.20. The Hall–Kier alpha value is -1.38. The van der Waals surface area contributed by atoms with E-state index in [1.807, 2.05) is 11.7 Å².